The van der Waals surface area contributed by atoms with Gasteiger partial charge in [-0.05, 0) is 70.9 Å². The largest absolute Gasteiger partial charge is 0.507 e. The van der Waals surface area contributed by atoms with Crippen molar-refractivity contribution in [1.82, 2.24) is 5.01 Å². The average molecular weight is 469 g/mol. The Morgan fingerprint density at radius 1 is 0.735 bits per heavy atom. The van der Waals surface area contributed by atoms with Gasteiger partial charge in [0.2, 0.25) is 11.8 Å². The molecule has 2 aromatic carbocycles. The van der Waals surface area contributed by atoms with E-state index in [1.54, 1.807) is 0 Å². The van der Waals surface area contributed by atoms with Crippen molar-refractivity contribution in [2.24, 2.45) is 5.84 Å². The Balaban J connectivity index is 2.03. The Kier molecular flexibility index (Phi) is 8.20. The molecule has 2 amide bonds. The first-order valence-corrected chi connectivity index (χ1v) is 11.8. The van der Waals surface area contributed by atoms with Gasteiger partial charge in [0, 0.05) is 12.8 Å². The van der Waals surface area contributed by atoms with Crippen LogP contribution < -0.4 is 5.84 Å². The number of nitrogens with zero attached hydrogens (tertiary/aromatic N) is 1. The van der Waals surface area contributed by atoms with E-state index in [0.717, 1.165) is 38.4 Å². The molecule has 0 atom stereocenters. The molecule has 0 aliphatic heterocycles. The van der Waals surface area contributed by atoms with Crippen molar-refractivity contribution in [1.29, 1.82) is 0 Å². The Hall–Kier alpha value is -2.86. The lowest BCUT2D eigenvalue weighted by molar-refractivity contribution is -0.145. The Bertz CT molecular complexity index is 990. The van der Waals surface area contributed by atoms with Gasteiger partial charge in [0.05, 0.1) is 0 Å². The van der Waals surface area contributed by atoms with Crippen molar-refractivity contribution in [3.63, 3.8) is 0 Å². The van der Waals surface area contributed by atoms with Crippen molar-refractivity contribution >= 4 is 11.8 Å². The lowest BCUT2D eigenvalue weighted by Crippen LogP contribution is -2.42. The van der Waals surface area contributed by atoms with Crippen LogP contribution in [0.2, 0.25) is 0 Å². The van der Waals surface area contributed by atoms with Crippen LogP contribution >= 0.6 is 0 Å². The molecule has 0 unspecified atom stereocenters. The Labute approximate surface area is 203 Å². The average Bonchev–Trinajstić information content (AvgIpc) is 2.72. The van der Waals surface area contributed by atoms with Gasteiger partial charge in [-0.3, -0.25) is 9.59 Å². The number of rotatable bonds is 6. The number of phenols is 2. The standard InChI is InChI=1S/C28H40N2O4/c1-17-13-19(15-21(25(17)33)27(3,4)5)9-11-23(31)30(29)24(32)12-10-20-14-18(2)26(34)22(16-20)28(6,7)8/h13-16,33-34H,9-12,29H2,1-8H3. The van der Waals surface area contributed by atoms with E-state index in [1.165, 1.54) is 0 Å². The van der Waals surface area contributed by atoms with Crippen LogP contribution in [0.15, 0.2) is 24.3 Å². The van der Waals surface area contributed by atoms with Gasteiger partial charge in [0.15, 0.2) is 0 Å². The number of amides is 2. The minimum Gasteiger partial charge on any atom is -0.507 e. The molecular weight excluding hydrogens is 428 g/mol. The van der Waals surface area contributed by atoms with Crippen LogP contribution in [-0.2, 0) is 33.3 Å². The van der Waals surface area contributed by atoms with E-state index in [9.17, 15) is 19.8 Å². The number of hydrogen-bond acceptors (Lipinski definition) is 5. The van der Waals surface area contributed by atoms with E-state index < -0.39 is 11.8 Å². The summed E-state index contributed by atoms with van der Waals surface area (Å²) in [6, 6.07) is 7.55. The zero-order valence-electron chi connectivity index (χ0n) is 21.9. The normalized spacial score (nSPS) is 12.0. The second kappa shape index (κ2) is 10.2. The molecule has 0 aliphatic carbocycles. The molecule has 0 aromatic heterocycles. The second-order valence-electron chi connectivity index (χ2n) is 11.3. The lowest BCUT2D eigenvalue weighted by Gasteiger charge is -2.23. The maximum atomic E-state index is 12.6. The van der Waals surface area contributed by atoms with Crippen LogP contribution in [0.25, 0.3) is 0 Å². The smallest absolute Gasteiger partial charge is 0.243 e. The summed E-state index contributed by atoms with van der Waals surface area (Å²) in [5.41, 5.74) is 4.55. The topological polar surface area (TPSA) is 104 Å². The number of benzene rings is 2. The molecule has 0 radical (unpaired) electrons. The van der Waals surface area contributed by atoms with Crippen molar-refractivity contribution in [2.45, 2.75) is 91.9 Å². The molecule has 2 aromatic rings. The Morgan fingerprint density at radius 2 is 1.06 bits per heavy atom. The fourth-order valence-electron chi connectivity index (χ4n) is 4.02. The third kappa shape index (κ3) is 6.60. The van der Waals surface area contributed by atoms with Crippen molar-refractivity contribution in [3.8, 4) is 11.5 Å². The predicted molar refractivity (Wildman–Crippen MR) is 136 cm³/mol. The highest BCUT2D eigenvalue weighted by atomic mass is 16.3. The Morgan fingerprint density at radius 3 is 1.35 bits per heavy atom. The minimum atomic E-state index is -0.440. The van der Waals surface area contributed by atoms with Crippen molar-refractivity contribution in [3.05, 3.63) is 57.6 Å². The summed E-state index contributed by atoms with van der Waals surface area (Å²) >= 11 is 0. The summed E-state index contributed by atoms with van der Waals surface area (Å²) < 4.78 is 0. The van der Waals surface area contributed by atoms with Crippen molar-refractivity contribution in [2.75, 3.05) is 0 Å². The van der Waals surface area contributed by atoms with E-state index >= 15 is 0 Å². The highest BCUT2D eigenvalue weighted by molar-refractivity contribution is 5.94. The highest BCUT2D eigenvalue weighted by Crippen LogP contribution is 2.35. The van der Waals surface area contributed by atoms with Gasteiger partial charge in [-0.25, -0.2) is 10.9 Å². The predicted octanol–water partition coefficient (Wildman–Crippen LogP) is 5.10. The molecule has 0 fully saturated rings. The van der Waals surface area contributed by atoms with Gasteiger partial charge in [0.1, 0.15) is 11.5 Å². The minimum absolute atomic E-state index is 0.0997. The zero-order chi connectivity index (χ0) is 26.0. The van der Waals surface area contributed by atoms with Gasteiger partial charge >= 0.3 is 0 Å². The third-order valence-corrected chi connectivity index (χ3v) is 6.13. The molecule has 0 spiro atoms. The summed E-state index contributed by atoms with van der Waals surface area (Å²) in [5, 5.41) is 21.5. The molecule has 6 nitrogen and oxygen atoms in total. The quantitative estimate of drug-likeness (QED) is 0.311. The van der Waals surface area contributed by atoms with Gasteiger partial charge in [-0.15, -0.1) is 0 Å². The van der Waals surface area contributed by atoms with E-state index in [-0.39, 0.29) is 35.2 Å². The molecule has 186 valence electrons. The maximum absolute atomic E-state index is 12.6. The molecular formula is C28H40N2O4. The number of carbonyl (C=O) groups excluding carboxylic acids is 2. The number of nitrogens with two attached hydrogens (primary N) is 1. The van der Waals surface area contributed by atoms with Crippen LogP contribution in [-0.4, -0.2) is 27.0 Å². The van der Waals surface area contributed by atoms with Gasteiger partial charge in [-0.1, -0.05) is 65.8 Å². The molecule has 0 heterocycles. The molecule has 0 saturated carbocycles. The number of hydrogen-bond donors (Lipinski definition) is 3. The summed E-state index contributed by atoms with van der Waals surface area (Å²) in [7, 11) is 0. The molecule has 2 rings (SSSR count). The van der Waals surface area contributed by atoms with Gasteiger partial charge < -0.3 is 10.2 Å². The van der Waals surface area contributed by atoms with Crippen LogP contribution in [0.3, 0.4) is 0 Å². The summed E-state index contributed by atoms with van der Waals surface area (Å²) in [4.78, 5) is 25.2. The molecule has 0 saturated heterocycles. The van der Waals surface area contributed by atoms with Crippen LogP contribution in [0.5, 0.6) is 11.5 Å². The van der Waals surface area contributed by atoms with Gasteiger partial charge in [-0.2, -0.15) is 0 Å². The summed E-state index contributed by atoms with van der Waals surface area (Å²) in [5.74, 6) is 5.52. The molecule has 0 aliphatic rings. The number of phenolic OH excluding ortho intramolecular Hbond substituents is 2. The number of aryl methyl sites for hydroxylation is 4. The summed E-state index contributed by atoms with van der Waals surface area (Å²) in [6.07, 6.45) is 1.05. The fraction of sp³-hybridized carbons (Fsp3) is 0.500. The first-order valence-electron chi connectivity index (χ1n) is 11.8. The molecule has 6 heteroatoms. The monoisotopic (exact) mass is 468 g/mol. The second-order valence-corrected chi connectivity index (χ2v) is 11.3. The van der Waals surface area contributed by atoms with Crippen molar-refractivity contribution < 1.29 is 19.8 Å². The van der Waals surface area contributed by atoms with Gasteiger partial charge in [0.25, 0.3) is 0 Å². The molecule has 0 bridgehead atoms. The van der Waals surface area contributed by atoms with Crippen LogP contribution in [0, 0.1) is 13.8 Å². The number of hydrazine groups is 1. The molecule has 4 N–H and O–H groups in total. The SMILES string of the molecule is Cc1cc(CCC(=O)N(N)C(=O)CCc2cc(C)c(O)c(C(C)(C)C)c2)cc(C(C)(C)C)c1O. The van der Waals surface area contributed by atoms with E-state index in [0.29, 0.717) is 12.8 Å². The fourth-order valence-corrected chi connectivity index (χ4v) is 4.02. The summed E-state index contributed by atoms with van der Waals surface area (Å²) in [6.45, 7) is 15.8. The first kappa shape index (κ1) is 27.4. The molecule has 34 heavy (non-hydrogen) atoms. The number of aromatic hydroxyl groups is 2. The van der Waals surface area contributed by atoms with Crippen LogP contribution in [0.4, 0.5) is 0 Å². The van der Waals surface area contributed by atoms with E-state index in [4.69, 9.17) is 5.84 Å². The zero-order valence-corrected chi connectivity index (χ0v) is 21.9. The van der Waals surface area contributed by atoms with E-state index in [2.05, 4.69) is 0 Å². The van der Waals surface area contributed by atoms with E-state index in [1.807, 2.05) is 79.7 Å². The van der Waals surface area contributed by atoms with Crippen LogP contribution in [0.1, 0.15) is 87.8 Å². The lowest BCUT2D eigenvalue weighted by atomic mass is 9.83. The maximum Gasteiger partial charge on any atom is 0.243 e. The number of imide groups is 1. The third-order valence-electron chi connectivity index (χ3n) is 6.13. The number of carbonyl (C=O) groups is 2. The highest BCUT2D eigenvalue weighted by Gasteiger charge is 2.23. The first-order chi connectivity index (χ1) is 15.5.